The number of anilines is 1. The van der Waals surface area contributed by atoms with Crippen LogP contribution >= 0.6 is 0 Å². The Morgan fingerprint density at radius 2 is 2.14 bits per heavy atom. The zero-order chi connectivity index (χ0) is 15.4. The zero-order valence-corrected chi connectivity index (χ0v) is 12.6. The quantitative estimate of drug-likeness (QED) is 0.918. The zero-order valence-electron chi connectivity index (χ0n) is 12.6. The summed E-state index contributed by atoms with van der Waals surface area (Å²) in [6, 6.07) is 5.15. The summed E-state index contributed by atoms with van der Waals surface area (Å²) in [5.74, 6) is 1.36. The predicted molar refractivity (Wildman–Crippen MR) is 80.2 cm³/mol. The van der Waals surface area contributed by atoms with Gasteiger partial charge < -0.3 is 14.6 Å². The van der Waals surface area contributed by atoms with Crippen LogP contribution in [0.4, 0.5) is 10.1 Å². The van der Waals surface area contributed by atoms with Crippen LogP contribution in [0.15, 0.2) is 22.7 Å². The van der Waals surface area contributed by atoms with Crippen molar-refractivity contribution in [3.8, 4) is 0 Å². The van der Waals surface area contributed by atoms with E-state index in [9.17, 15) is 4.39 Å². The molecule has 0 aliphatic carbocycles. The smallest absolute Gasteiger partial charge is 0.229 e. The molecular formula is C16H20FN3O2. The number of ether oxygens (including phenoxy) is 1. The number of hydrogen-bond donors (Lipinski definition) is 1. The van der Waals surface area contributed by atoms with E-state index in [0.29, 0.717) is 35.9 Å². The van der Waals surface area contributed by atoms with Crippen LogP contribution in [0.2, 0.25) is 0 Å². The van der Waals surface area contributed by atoms with Gasteiger partial charge in [0.1, 0.15) is 5.82 Å². The van der Waals surface area contributed by atoms with Crippen molar-refractivity contribution in [1.82, 2.24) is 10.1 Å². The van der Waals surface area contributed by atoms with E-state index in [4.69, 9.17) is 9.26 Å². The molecule has 0 amide bonds. The highest BCUT2D eigenvalue weighted by atomic mass is 19.1. The molecule has 0 saturated carbocycles. The third-order valence-corrected chi connectivity index (χ3v) is 3.94. The third-order valence-electron chi connectivity index (χ3n) is 3.94. The van der Waals surface area contributed by atoms with Crippen LogP contribution in [0.1, 0.15) is 43.0 Å². The number of aromatic nitrogens is 2. The third kappa shape index (κ3) is 3.44. The van der Waals surface area contributed by atoms with Crippen molar-refractivity contribution in [1.29, 1.82) is 0 Å². The van der Waals surface area contributed by atoms with Gasteiger partial charge in [0.15, 0.2) is 5.82 Å². The molecule has 6 heteroatoms. The maximum absolute atomic E-state index is 13.7. The first-order valence-corrected chi connectivity index (χ1v) is 7.68. The second kappa shape index (κ2) is 6.87. The van der Waals surface area contributed by atoms with Crippen LogP contribution in [0.25, 0.3) is 0 Å². The van der Waals surface area contributed by atoms with Crippen molar-refractivity contribution < 1.29 is 13.7 Å². The van der Waals surface area contributed by atoms with Crippen molar-refractivity contribution in [2.24, 2.45) is 0 Å². The predicted octanol–water partition coefficient (Wildman–Crippen LogP) is 3.28. The van der Waals surface area contributed by atoms with Gasteiger partial charge in [-0.05, 0) is 37.0 Å². The van der Waals surface area contributed by atoms with Crippen LogP contribution in [-0.4, -0.2) is 23.4 Å². The number of aryl methyl sites for hydroxylation is 1. The average Bonchev–Trinajstić information content (AvgIpc) is 3.03. The number of nitrogens with zero attached hydrogens (tertiary/aromatic N) is 2. The lowest BCUT2D eigenvalue weighted by molar-refractivity contribution is 0.0778. The van der Waals surface area contributed by atoms with Gasteiger partial charge in [0.05, 0.1) is 6.54 Å². The average molecular weight is 305 g/mol. The molecule has 1 aliphatic rings. The Bertz CT molecular complexity index is 624. The second-order valence-corrected chi connectivity index (χ2v) is 5.45. The summed E-state index contributed by atoms with van der Waals surface area (Å²) in [7, 11) is 0. The van der Waals surface area contributed by atoms with Gasteiger partial charge in [0.25, 0.3) is 0 Å². The molecule has 1 aromatic heterocycles. The summed E-state index contributed by atoms with van der Waals surface area (Å²) in [4.78, 5) is 4.42. The fourth-order valence-corrected chi connectivity index (χ4v) is 2.57. The molecule has 0 atom stereocenters. The van der Waals surface area contributed by atoms with Gasteiger partial charge in [0, 0.05) is 24.8 Å². The Morgan fingerprint density at radius 1 is 1.32 bits per heavy atom. The monoisotopic (exact) mass is 305 g/mol. The molecule has 0 spiro atoms. The maximum atomic E-state index is 13.7. The largest absolute Gasteiger partial charge is 0.381 e. The summed E-state index contributed by atoms with van der Waals surface area (Å²) >= 11 is 0. The van der Waals surface area contributed by atoms with E-state index in [0.717, 1.165) is 26.1 Å². The normalized spacial score (nSPS) is 15.9. The molecule has 2 aromatic rings. The van der Waals surface area contributed by atoms with Crippen LogP contribution in [0.5, 0.6) is 0 Å². The molecule has 0 radical (unpaired) electrons. The van der Waals surface area contributed by atoms with Gasteiger partial charge in [-0.25, -0.2) is 4.39 Å². The molecule has 3 rings (SSSR count). The summed E-state index contributed by atoms with van der Waals surface area (Å²) in [6.45, 7) is 3.83. The highest BCUT2D eigenvalue weighted by molar-refractivity contribution is 5.45. The Balaban J connectivity index is 1.59. The number of hydrogen-bond acceptors (Lipinski definition) is 5. The highest BCUT2D eigenvalue weighted by Crippen LogP contribution is 2.25. The Labute approximate surface area is 128 Å². The standard InChI is InChI=1S/C16H20FN3O2/c1-2-11-3-4-13(9-14(11)17)18-10-15-19-16(22-20-15)12-5-7-21-8-6-12/h3-4,9,12,18H,2,5-8,10H2,1H3. The van der Waals surface area contributed by atoms with Crippen LogP contribution < -0.4 is 5.32 Å². The minimum Gasteiger partial charge on any atom is -0.381 e. The van der Waals surface area contributed by atoms with E-state index in [1.54, 1.807) is 6.07 Å². The number of benzene rings is 1. The first-order chi connectivity index (χ1) is 10.8. The molecule has 22 heavy (non-hydrogen) atoms. The minimum atomic E-state index is -0.191. The highest BCUT2D eigenvalue weighted by Gasteiger charge is 2.21. The fraction of sp³-hybridized carbons (Fsp3) is 0.500. The Hall–Kier alpha value is -1.95. The maximum Gasteiger partial charge on any atom is 0.229 e. The summed E-state index contributed by atoms with van der Waals surface area (Å²) in [5.41, 5.74) is 1.43. The second-order valence-electron chi connectivity index (χ2n) is 5.45. The van der Waals surface area contributed by atoms with Crippen molar-refractivity contribution >= 4 is 5.69 Å². The molecule has 0 unspecified atom stereocenters. The lowest BCUT2D eigenvalue weighted by Crippen LogP contribution is -2.14. The summed E-state index contributed by atoms with van der Waals surface area (Å²) < 4.78 is 24.4. The van der Waals surface area contributed by atoms with Gasteiger partial charge in [0.2, 0.25) is 5.89 Å². The van der Waals surface area contributed by atoms with E-state index in [1.165, 1.54) is 6.07 Å². The molecule has 1 saturated heterocycles. The SMILES string of the molecule is CCc1ccc(NCc2noc(C3CCOCC3)n2)cc1F. The molecule has 1 aliphatic heterocycles. The molecule has 1 aromatic carbocycles. The van der Waals surface area contributed by atoms with Crippen LogP contribution in [0, 0.1) is 5.82 Å². The Morgan fingerprint density at radius 3 is 2.86 bits per heavy atom. The first kappa shape index (κ1) is 15.0. The molecule has 1 N–H and O–H groups in total. The van der Waals surface area contributed by atoms with Gasteiger partial charge in [-0.2, -0.15) is 4.98 Å². The van der Waals surface area contributed by atoms with E-state index < -0.39 is 0 Å². The van der Waals surface area contributed by atoms with Crippen molar-refractivity contribution in [2.75, 3.05) is 18.5 Å². The molecule has 118 valence electrons. The molecular weight excluding hydrogens is 285 g/mol. The van der Waals surface area contributed by atoms with Gasteiger partial charge in [-0.1, -0.05) is 18.1 Å². The minimum absolute atomic E-state index is 0.191. The number of rotatable bonds is 5. The number of nitrogens with one attached hydrogen (secondary N) is 1. The summed E-state index contributed by atoms with van der Waals surface area (Å²) in [5, 5.41) is 7.10. The molecule has 0 bridgehead atoms. The van der Waals surface area contributed by atoms with E-state index in [-0.39, 0.29) is 11.7 Å². The fourth-order valence-electron chi connectivity index (χ4n) is 2.57. The van der Waals surface area contributed by atoms with E-state index >= 15 is 0 Å². The topological polar surface area (TPSA) is 60.2 Å². The van der Waals surface area contributed by atoms with Gasteiger partial charge >= 0.3 is 0 Å². The van der Waals surface area contributed by atoms with Crippen molar-refractivity contribution in [2.45, 2.75) is 38.6 Å². The first-order valence-electron chi connectivity index (χ1n) is 7.68. The lowest BCUT2D eigenvalue weighted by Gasteiger charge is -2.17. The summed E-state index contributed by atoms with van der Waals surface area (Å²) in [6.07, 6.45) is 2.52. The van der Waals surface area contributed by atoms with Gasteiger partial charge in [-0.3, -0.25) is 0 Å². The van der Waals surface area contributed by atoms with E-state index in [1.807, 2.05) is 13.0 Å². The molecule has 5 nitrogen and oxygen atoms in total. The van der Waals surface area contributed by atoms with E-state index in [2.05, 4.69) is 15.5 Å². The Kier molecular flexibility index (Phi) is 4.68. The van der Waals surface area contributed by atoms with Crippen molar-refractivity contribution in [3.63, 3.8) is 0 Å². The lowest BCUT2D eigenvalue weighted by atomic mass is 10.0. The van der Waals surface area contributed by atoms with Crippen LogP contribution in [-0.2, 0) is 17.7 Å². The van der Waals surface area contributed by atoms with Gasteiger partial charge in [-0.15, -0.1) is 0 Å². The number of halogens is 1. The van der Waals surface area contributed by atoms with Crippen molar-refractivity contribution in [3.05, 3.63) is 41.3 Å². The van der Waals surface area contributed by atoms with Crippen LogP contribution in [0.3, 0.4) is 0 Å². The molecule has 1 fully saturated rings. The molecule has 2 heterocycles.